The van der Waals surface area contributed by atoms with Crippen LogP contribution < -0.4 is 0 Å². The maximum atomic E-state index is 10.7. The van der Waals surface area contributed by atoms with Crippen LogP contribution in [0.3, 0.4) is 0 Å². The molecule has 1 rings (SSSR count). The molecule has 0 unspecified atom stereocenters. The van der Waals surface area contributed by atoms with E-state index in [1.807, 2.05) is 6.92 Å². The third-order valence-corrected chi connectivity index (χ3v) is 2.44. The summed E-state index contributed by atoms with van der Waals surface area (Å²) >= 11 is 0. The van der Waals surface area contributed by atoms with Crippen LogP contribution in [0.5, 0.6) is 0 Å². The molecule has 1 fully saturated rings. The molecule has 1 aliphatic heterocycles. The first-order valence-corrected chi connectivity index (χ1v) is 5.11. The Bertz CT molecular complexity index is 266. The number of rotatable bonds is 6. The first-order chi connectivity index (χ1) is 7.50. The summed E-state index contributed by atoms with van der Waals surface area (Å²) in [5, 5.41) is 8.39. The number of hydrogen-bond acceptors (Lipinski definition) is 5. The summed E-state index contributed by atoms with van der Waals surface area (Å²) in [6.07, 6.45) is 0.0168. The van der Waals surface area contributed by atoms with Crippen molar-refractivity contribution in [2.75, 3.05) is 13.2 Å². The third-order valence-electron chi connectivity index (χ3n) is 2.44. The molecule has 6 nitrogen and oxygen atoms in total. The van der Waals surface area contributed by atoms with Crippen LogP contribution in [-0.2, 0) is 23.8 Å². The molecule has 0 aromatic rings. The van der Waals surface area contributed by atoms with E-state index in [1.54, 1.807) is 6.92 Å². The van der Waals surface area contributed by atoms with Crippen molar-refractivity contribution < 1.29 is 28.9 Å². The predicted octanol–water partition coefficient (Wildman–Crippen LogP) is 0.197. The van der Waals surface area contributed by atoms with Crippen molar-refractivity contribution in [1.82, 2.24) is 0 Å². The van der Waals surface area contributed by atoms with Gasteiger partial charge in [-0.3, -0.25) is 0 Å². The van der Waals surface area contributed by atoms with Gasteiger partial charge in [-0.2, -0.15) is 0 Å². The molecule has 0 radical (unpaired) electrons. The minimum Gasteiger partial charge on any atom is -0.480 e. The maximum absolute atomic E-state index is 10.7. The van der Waals surface area contributed by atoms with Gasteiger partial charge in [-0.25, -0.2) is 4.79 Å². The van der Waals surface area contributed by atoms with E-state index < -0.39 is 30.6 Å². The summed E-state index contributed by atoms with van der Waals surface area (Å²) in [7, 11) is 0. The minimum atomic E-state index is -1.06. The molecule has 1 saturated heterocycles. The lowest BCUT2D eigenvalue weighted by Crippen LogP contribution is -2.30. The topological polar surface area (TPSA) is 82.1 Å². The Morgan fingerprint density at radius 3 is 2.75 bits per heavy atom. The number of aliphatic carboxylic acids is 1. The highest BCUT2D eigenvalue weighted by molar-refractivity contribution is 5.68. The lowest BCUT2D eigenvalue weighted by atomic mass is 10.2. The summed E-state index contributed by atoms with van der Waals surface area (Å²) in [6.45, 7) is 3.24. The zero-order valence-corrected chi connectivity index (χ0v) is 9.34. The number of carboxylic acid groups (broad SMARTS) is 1. The van der Waals surface area contributed by atoms with Crippen molar-refractivity contribution in [3.05, 3.63) is 0 Å². The van der Waals surface area contributed by atoms with Gasteiger partial charge in [0.15, 0.2) is 12.1 Å². The van der Waals surface area contributed by atoms with Crippen LogP contribution >= 0.6 is 0 Å². The zero-order valence-electron chi connectivity index (χ0n) is 9.34. The third kappa shape index (κ3) is 3.26. The van der Waals surface area contributed by atoms with E-state index in [1.165, 1.54) is 0 Å². The van der Waals surface area contributed by atoms with E-state index in [-0.39, 0.29) is 6.61 Å². The Balaban J connectivity index is 2.46. The van der Waals surface area contributed by atoms with Gasteiger partial charge in [0.05, 0.1) is 6.61 Å². The molecule has 3 atom stereocenters. The molecule has 0 spiro atoms. The molecule has 92 valence electrons. The molecule has 6 heteroatoms. The maximum Gasteiger partial charge on any atom is 0.329 e. The zero-order chi connectivity index (χ0) is 12.2. The van der Waals surface area contributed by atoms with Crippen LogP contribution in [0, 0.1) is 0 Å². The second-order valence-corrected chi connectivity index (χ2v) is 3.77. The van der Waals surface area contributed by atoms with Gasteiger partial charge < -0.3 is 24.1 Å². The lowest BCUT2D eigenvalue weighted by molar-refractivity contribution is -0.168. The molecule has 16 heavy (non-hydrogen) atoms. The largest absolute Gasteiger partial charge is 0.480 e. The molecule has 0 amide bonds. The van der Waals surface area contributed by atoms with Crippen molar-refractivity contribution in [1.29, 1.82) is 0 Å². The Hall–Kier alpha value is -0.980. The Morgan fingerprint density at radius 2 is 2.25 bits per heavy atom. The predicted molar refractivity (Wildman–Crippen MR) is 53.0 cm³/mol. The van der Waals surface area contributed by atoms with E-state index in [2.05, 4.69) is 0 Å². The van der Waals surface area contributed by atoms with E-state index in [0.29, 0.717) is 12.7 Å². The molecule has 0 bridgehead atoms. The first-order valence-electron chi connectivity index (χ1n) is 5.11. The van der Waals surface area contributed by atoms with Crippen molar-refractivity contribution in [3.63, 3.8) is 0 Å². The molecular formula is C10H16O6. The number of carbonyl (C=O) groups is 2. The van der Waals surface area contributed by atoms with Crippen molar-refractivity contribution >= 4 is 12.3 Å². The second-order valence-electron chi connectivity index (χ2n) is 3.77. The van der Waals surface area contributed by atoms with E-state index in [4.69, 9.17) is 19.3 Å². The highest BCUT2D eigenvalue weighted by Gasteiger charge is 2.43. The Labute approximate surface area is 93.5 Å². The van der Waals surface area contributed by atoms with Gasteiger partial charge in [0.25, 0.3) is 0 Å². The molecule has 0 aromatic carbocycles. The summed E-state index contributed by atoms with van der Waals surface area (Å²) in [5.74, 6) is -1.84. The van der Waals surface area contributed by atoms with E-state index in [9.17, 15) is 9.59 Å². The molecule has 1 N–H and O–H groups in total. The van der Waals surface area contributed by atoms with Crippen LogP contribution in [0.1, 0.15) is 20.3 Å². The second kappa shape index (κ2) is 5.38. The molecule has 0 saturated carbocycles. The van der Waals surface area contributed by atoms with Crippen molar-refractivity contribution in [2.24, 2.45) is 0 Å². The van der Waals surface area contributed by atoms with E-state index in [0.717, 1.165) is 0 Å². The smallest absolute Gasteiger partial charge is 0.329 e. The van der Waals surface area contributed by atoms with Gasteiger partial charge in [-0.15, -0.1) is 0 Å². The highest BCUT2D eigenvalue weighted by atomic mass is 16.8. The number of aldehydes is 1. The van der Waals surface area contributed by atoms with Crippen LogP contribution in [0.25, 0.3) is 0 Å². The fourth-order valence-corrected chi connectivity index (χ4v) is 1.45. The average molecular weight is 232 g/mol. The van der Waals surface area contributed by atoms with Gasteiger partial charge in [0.1, 0.15) is 18.8 Å². The first kappa shape index (κ1) is 13.1. The summed E-state index contributed by atoms with van der Waals surface area (Å²) < 4.78 is 15.8. The highest BCUT2D eigenvalue weighted by Crippen LogP contribution is 2.30. The fourth-order valence-electron chi connectivity index (χ4n) is 1.45. The SMILES string of the molecule is CC[C@@]1(C)O[C@@H](COCC(=O)O)[C@@H](C=O)O1. The summed E-state index contributed by atoms with van der Waals surface area (Å²) in [4.78, 5) is 21.0. The molecular weight excluding hydrogens is 216 g/mol. The van der Waals surface area contributed by atoms with Gasteiger partial charge in [-0.05, 0) is 13.3 Å². The van der Waals surface area contributed by atoms with Crippen LogP contribution in [0.4, 0.5) is 0 Å². The molecule has 0 aliphatic carbocycles. The quantitative estimate of drug-likeness (QED) is 0.658. The van der Waals surface area contributed by atoms with E-state index >= 15 is 0 Å². The molecule has 1 aliphatic rings. The van der Waals surface area contributed by atoms with Crippen LogP contribution in [0.15, 0.2) is 0 Å². The molecule has 1 heterocycles. The molecule has 0 aromatic heterocycles. The minimum absolute atomic E-state index is 0.0330. The standard InChI is InChI=1S/C10H16O6/c1-3-10(2)15-7(4-11)8(16-10)5-14-6-9(12)13/h4,7-8H,3,5-6H2,1-2H3,(H,12,13)/t7-,8+,10-/m1/s1. The van der Waals surface area contributed by atoms with Crippen LogP contribution in [0.2, 0.25) is 0 Å². The van der Waals surface area contributed by atoms with Crippen molar-refractivity contribution in [3.8, 4) is 0 Å². The fraction of sp³-hybridized carbons (Fsp3) is 0.800. The van der Waals surface area contributed by atoms with Gasteiger partial charge in [0.2, 0.25) is 0 Å². The Morgan fingerprint density at radius 1 is 1.56 bits per heavy atom. The summed E-state index contributed by atoms with van der Waals surface area (Å²) in [6, 6.07) is 0. The van der Waals surface area contributed by atoms with Gasteiger partial charge >= 0.3 is 5.97 Å². The number of carbonyl (C=O) groups excluding carboxylic acids is 1. The number of carboxylic acids is 1. The van der Waals surface area contributed by atoms with Gasteiger partial charge in [0, 0.05) is 0 Å². The van der Waals surface area contributed by atoms with Crippen molar-refractivity contribution in [2.45, 2.75) is 38.3 Å². The number of hydrogen-bond donors (Lipinski definition) is 1. The normalized spacial score (nSPS) is 33.9. The van der Waals surface area contributed by atoms with Crippen LogP contribution in [-0.4, -0.2) is 48.6 Å². The monoisotopic (exact) mass is 232 g/mol. The van der Waals surface area contributed by atoms with Gasteiger partial charge in [-0.1, -0.05) is 6.92 Å². The average Bonchev–Trinajstić information content (AvgIpc) is 2.56. The lowest BCUT2D eigenvalue weighted by Gasteiger charge is -2.20. The number of ether oxygens (including phenoxy) is 3. The Kier molecular flexibility index (Phi) is 4.40. The summed E-state index contributed by atoms with van der Waals surface area (Å²) in [5.41, 5.74) is 0.